The van der Waals surface area contributed by atoms with E-state index in [9.17, 15) is 14.4 Å². The van der Waals surface area contributed by atoms with Gasteiger partial charge in [0.25, 0.3) is 5.56 Å². The predicted octanol–water partition coefficient (Wildman–Crippen LogP) is 2.08. The lowest BCUT2D eigenvalue weighted by atomic mass is 9.92. The van der Waals surface area contributed by atoms with E-state index in [1.807, 2.05) is 4.90 Å². The minimum absolute atomic E-state index is 0.111. The van der Waals surface area contributed by atoms with Gasteiger partial charge in [-0.2, -0.15) is 4.98 Å². The highest BCUT2D eigenvalue weighted by molar-refractivity contribution is 6.04. The summed E-state index contributed by atoms with van der Waals surface area (Å²) in [7, 11) is 1.56. The van der Waals surface area contributed by atoms with Crippen LogP contribution in [0, 0.1) is 5.92 Å². The van der Waals surface area contributed by atoms with E-state index in [-0.39, 0.29) is 23.7 Å². The molecule has 0 saturated carbocycles. The van der Waals surface area contributed by atoms with Crippen LogP contribution in [0.3, 0.4) is 0 Å². The van der Waals surface area contributed by atoms with Gasteiger partial charge in [0, 0.05) is 25.2 Å². The van der Waals surface area contributed by atoms with Crippen LogP contribution >= 0.6 is 0 Å². The fraction of sp³-hybridized carbons (Fsp3) is 0.429. The van der Waals surface area contributed by atoms with Gasteiger partial charge < -0.3 is 20.3 Å². The third-order valence-electron chi connectivity index (χ3n) is 5.57. The van der Waals surface area contributed by atoms with Crippen LogP contribution in [0.5, 0.6) is 5.75 Å². The largest absolute Gasteiger partial charge is 0.497 e. The monoisotopic (exact) mass is 411 g/mol. The topological polar surface area (TPSA) is 116 Å². The average molecular weight is 411 g/mol. The van der Waals surface area contributed by atoms with Gasteiger partial charge in [0.2, 0.25) is 17.8 Å². The van der Waals surface area contributed by atoms with E-state index >= 15 is 0 Å². The molecule has 1 aromatic carbocycles. The van der Waals surface area contributed by atoms with E-state index < -0.39 is 17.4 Å². The van der Waals surface area contributed by atoms with E-state index in [2.05, 4.69) is 27.5 Å². The number of piperidine rings is 1. The number of benzene rings is 1. The molecule has 0 radical (unpaired) electrons. The zero-order valence-corrected chi connectivity index (χ0v) is 17.0. The second-order valence-electron chi connectivity index (χ2n) is 7.87. The van der Waals surface area contributed by atoms with Crippen molar-refractivity contribution in [2.24, 2.45) is 5.92 Å². The summed E-state index contributed by atoms with van der Waals surface area (Å²) in [6.45, 7) is 3.74. The maximum Gasteiger partial charge on any atom is 0.258 e. The van der Waals surface area contributed by atoms with Crippen LogP contribution in [0.2, 0.25) is 0 Å². The smallest absolute Gasteiger partial charge is 0.258 e. The lowest BCUT2D eigenvalue weighted by Crippen LogP contribution is -2.40. The Balaban J connectivity index is 1.61. The Bertz CT molecular complexity index is 1020. The molecule has 1 saturated heterocycles. The minimum Gasteiger partial charge on any atom is -0.497 e. The summed E-state index contributed by atoms with van der Waals surface area (Å²) in [6.07, 6.45) is 2.04. The van der Waals surface area contributed by atoms with Gasteiger partial charge in [-0.3, -0.25) is 19.4 Å². The van der Waals surface area contributed by atoms with Crippen molar-refractivity contribution in [3.05, 3.63) is 40.2 Å². The van der Waals surface area contributed by atoms with Gasteiger partial charge in [0.15, 0.2) is 0 Å². The molecule has 158 valence electrons. The molecular weight excluding hydrogens is 386 g/mol. The molecule has 1 fully saturated rings. The summed E-state index contributed by atoms with van der Waals surface area (Å²) in [5.74, 6) is 0.0750. The molecule has 2 atom stereocenters. The normalized spacial score (nSPS) is 20.9. The number of H-pyrrole nitrogens is 1. The number of nitrogens with one attached hydrogen (secondary N) is 3. The van der Waals surface area contributed by atoms with Crippen molar-refractivity contribution in [1.82, 2.24) is 9.97 Å². The summed E-state index contributed by atoms with van der Waals surface area (Å²) in [5.41, 5.74) is 0.342. The van der Waals surface area contributed by atoms with Gasteiger partial charge in [-0.1, -0.05) is 6.92 Å². The molecule has 9 heteroatoms. The summed E-state index contributed by atoms with van der Waals surface area (Å²) >= 11 is 0. The van der Waals surface area contributed by atoms with Gasteiger partial charge in [0.1, 0.15) is 11.6 Å². The van der Waals surface area contributed by atoms with Gasteiger partial charge >= 0.3 is 0 Å². The van der Waals surface area contributed by atoms with Crippen LogP contribution in [-0.4, -0.2) is 42.0 Å². The Hall–Kier alpha value is -3.36. The average Bonchev–Trinajstić information content (AvgIpc) is 2.73. The van der Waals surface area contributed by atoms with Crippen LogP contribution in [0.25, 0.3) is 0 Å². The number of hydrogen-bond donors (Lipinski definition) is 3. The first-order chi connectivity index (χ1) is 14.4. The Labute approximate surface area is 173 Å². The van der Waals surface area contributed by atoms with Crippen molar-refractivity contribution in [3.8, 4) is 5.75 Å². The number of amides is 2. The molecule has 0 aliphatic carbocycles. The molecule has 0 bridgehead atoms. The summed E-state index contributed by atoms with van der Waals surface area (Å²) in [6, 6.07) is 6.84. The molecule has 9 nitrogen and oxygen atoms in total. The number of nitrogens with zero attached hydrogens (tertiary/aromatic N) is 2. The third-order valence-corrected chi connectivity index (χ3v) is 5.57. The number of rotatable bonds is 4. The summed E-state index contributed by atoms with van der Waals surface area (Å²) < 4.78 is 5.11. The van der Waals surface area contributed by atoms with E-state index in [0.717, 1.165) is 25.9 Å². The molecule has 2 aromatic rings. The Morgan fingerprint density at radius 2 is 2.03 bits per heavy atom. The molecule has 2 aliphatic rings. The lowest BCUT2D eigenvalue weighted by molar-refractivity contribution is -0.123. The molecule has 0 spiro atoms. The third kappa shape index (κ3) is 4.00. The van der Waals surface area contributed by atoms with E-state index in [1.54, 1.807) is 31.4 Å². The molecule has 3 heterocycles. The number of aromatic amines is 1. The lowest BCUT2D eigenvalue weighted by Gasteiger charge is -2.32. The molecule has 4 rings (SSSR count). The van der Waals surface area contributed by atoms with Crippen molar-refractivity contribution >= 4 is 29.3 Å². The van der Waals surface area contributed by atoms with E-state index in [0.29, 0.717) is 23.3 Å². The van der Waals surface area contributed by atoms with Gasteiger partial charge in [0.05, 0.1) is 18.6 Å². The van der Waals surface area contributed by atoms with Crippen LogP contribution in [0.4, 0.5) is 17.5 Å². The highest BCUT2D eigenvalue weighted by Gasteiger charge is 2.35. The first-order valence-corrected chi connectivity index (χ1v) is 10.1. The molecule has 2 aliphatic heterocycles. The van der Waals surface area contributed by atoms with Crippen LogP contribution in [0.15, 0.2) is 29.1 Å². The quantitative estimate of drug-likeness (QED) is 0.709. The Morgan fingerprint density at radius 3 is 2.73 bits per heavy atom. The summed E-state index contributed by atoms with van der Waals surface area (Å²) in [4.78, 5) is 47.4. The minimum atomic E-state index is -0.915. The molecule has 2 amide bonds. The molecular formula is C21H25N5O4. The SMILES string of the molecule is COc1ccc(NC(=O)C2CC(=O)Nc3nc(N4CCCC(C)C4)[nH]c(=O)c32)cc1. The van der Waals surface area contributed by atoms with Crippen molar-refractivity contribution in [2.45, 2.75) is 32.1 Å². The van der Waals surface area contributed by atoms with Crippen LogP contribution in [-0.2, 0) is 9.59 Å². The van der Waals surface area contributed by atoms with Crippen molar-refractivity contribution < 1.29 is 14.3 Å². The first-order valence-electron chi connectivity index (χ1n) is 10.1. The Morgan fingerprint density at radius 1 is 1.27 bits per heavy atom. The van der Waals surface area contributed by atoms with E-state index in [4.69, 9.17) is 4.74 Å². The second kappa shape index (κ2) is 8.17. The summed E-state index contributed by atoms with van der Waals surface area (Å²) in [5, 5.41) is 5.43. The number of carbonyl (C=O) groups is 2. The van der Waals surface area contributed by atoms with Gasteiger partial charge in [-0.05, 0) is 43.0 Å². The fourth-order valence-electron chi connectivity index (χ4n) is 4.02. The zero-order valence-electron chi connectivity index (χ0n) is 17.0. The van der Waals surface area contributed by atoms with Crippen molar-refractivity contribution in [2.75, 3.05) is 35.7 Å². The predicted molar refractivity (Wildman–Crippen MR) is 113 cm³/mol. The van der Waals surface area contributed by atoms with Crippen LogP contribution < -0.4 is 25.8 Å². The number of fused-ring (bicyclic) bond motifs is 1. The fourth-order valence-corrected chi connectivity index (χ4v) is 4.02. The highest BCUT2D eigenvalue weighted by Crippen LogP contribution is 2.31. The number of ether oxygens (including phenoxy) is 1. The number of hydrogen-bond acceptors (Lipinski definition) is 6. The molecule has 30 heavy (non-hydrogen) atoms. The number of anilines is 3. The first kappa shape index (κ1) is 19.9. The van der Waals surface area contributed by atoms with Crippen molar-refractivity contribution in [3.63, 3.8) is 0 Å². The zero-order chi connectivity index (χ0) is 21.3. The highest BCUT2D eigenvalue weighted by atomic mass is 16.5. The number of methoxy groups -OCH3 is 1. The van der Waals surface area contributed by atoms with Gasteiger partial charge in [-0.25, -0.2) is 0 Å². The standard InChI is InChI=1S/C21H25N5O4/c1-12-4-3-9-26(11-12)21-24-18-17(20(29)25-21)15(10-16(27)23-18)19(28)22-13-5-7-14(30-2)8-6-13/h5-8,12,15H,3-4,9-11H2,1-2H3,(H,22,28)(H2,23,24,25,27,29). The van der Waals surface area contributed by atoms with E-state index in [1.165, 1.54) is 0 Å². The number of aromatic nitrogens is 2. The second-order valence-corrected chi connectivity index (χ2v) is 7.87. The van der Waals surface area contributed by atoms with Gasteiger partial charge in [-0.15, -0.1) is 0 Å². The molecule has 3 N–H and O–H groups in total. The number of carbonyl (C=O) groups excluding carboxylic acids is 2. The van der Waals surface area contributed by atoms with Crippen LogP contribution in [0.1, 0.15) is 37.7 Å². The molecule has 2 unspecified atom stereocenters. The maximum absolute atomic E-state index is 12.9. The van der Waals surface area contributed by atoms with Crippen molar-refractivity contribution in [1.29, 1.82) is 0 Å². The molecule has 1 aromatic heterocycles. The Kier molecular flexibility index (Phi) is 5.43. The maximum atomic E-state index is 12.9.